The third-order valence-corrected chi connectivity index (χ3v) is 4.80. The van der Waals surface area contributed by atoms with E-state index in [0.29, 0.717) is 16.2 Å². The van der Waals surface area contributed by atoms with Crippen molar-refractivity contribution in [3.8, 4) is 0 Å². The molecule has 1 aromatic carbocycles. The number of carbonyl (C=O) groups excluding carboxylic acids is 2. The van der Waals surface area contributed by atoms with Gasteiger partial charge < -0.3 is 5.11 Å². The van der Waals surface area contributed by atoms with Crippen molar-refractivity contribution in [1.82, 2.24) is 5.32 Å². The van der Waals surface area contributed by atoms with Gasteiger partial charge in [-0.2, -0.15) is 0 Å². The molecule has 1 saturated heterocycles. The molecule has 1 aliphatic heterocycles. The zero-order valence-corrected chi connectivity index (χ0v) is 12.3. The maximum Gasteiger partial charge on any atom is 0.321 e. The number of carboxylic acid groups (broad SMARTS) is 1. The van der Waals surface area contributed by atoms with Gasteiger partial charge in [0.25, 0.3) is 0 Å². The van der Waals surface area contributed by atoms with Crippen LogP contribution in [0.25, 0.3) is 0 Å². The lowest BCUT2D eigenvalue weighted by Crippen LogP contribution is -2.39. The van der Waals surface area contributed by atoms with Crippen LogP contribution in [0.3, 0.4) is 0 Å². The van der Waals surface area contributed by atoms with Crippen LogP contribution in [-0.2, 0) is 9.59 Å². The molecule has 1 fully saturated rings. The summed E-state index contributed by atoms with van der Waals surface area (Å²) in [5.41, 5.74) is 0.448. The van der Waals surface area contributed by atoms with Crippen molar-refractivity contribution in [3.05, 3.63) is 29.8 Å². The molecule has 5 nitrogen and oxygen atoms in total. The predicted octanol–water partition coefficient (Wildman–Crippen LogP) is 1.62. The fraction of sp³-hybridized carbons (Fsp3) is 0.308. The second-order valence-electron chi connectivity index (χ2n) is 4.22. The van der Waals surface area contributed by atoms with Crippen molar-refractivity contribution < 1.29 is 19.5 Å². The van der Waals surface area contributed by atoms with E-state index in [9.17, 15) is 14.4 Å². The van der Waals surface area contributed by atoms with E-state index in [1.165, 1.54) is 18.7 Å². The van der Waals surface area contributed by atoms with Crippen LogP contribution in [0.5, 0.6) is 0 Å². The molecule has 1 aliphatic rings. The summed E-state index contributed by atoms with van der Waals surface area (Å²) < 4.78 is 0. The summed E-state index contributed by atoms with van der Waals surface area (Å²) >= 11 is 2.28. The number of carboxylic acids is 1. The molecule has 2 atom stereocenters. The van der Waals surface area contributed by atoms with Crippen LogP contribution >= 0.6 is 23.5 Å². The Morgan fingerprint density at radius 2 is 2.05 bits per heavy atom. The molecule has 2 rings (SSSR count). The third kappa shape index (κ3) is 3.41. The Balaban J connectivity index is 2.18. The number of thioether (sulfide) groups is 2. The first-order valence-electron chi connectivity index (χ1n) is 5.91. The molecule has 7 heteroatoms. The van der Waals surface area contributed by atoms with Gasteiger partial charge in [0.1, 0.15) is 11.4 Å². The fourth-order valence-corrected chi connectivity index (χ4v) is 3.72. The topological polar surface area (TPSA) is 83.5 Å². The van der Waals surface area contributed by atoms with Crippen molar-refractivity contribution >= 4 is 40.4 Å². The number of ketones is 1. The average molecular weight is 311 g/mol. The number of nitrogens with one attached hydrogen (secondary N) is 1. The SMILES string of the molecule is CC(=O)Sc1ccccc1C(=O)C1NC(C(=O)O)CS1. The first-order valence-corrected chi connectivity index (χ1v) is 7.77. The zero-order chi connectivity index (χ0) is 14.7. The van der Waals surface area contributed by atoms with E-state index in [-0.39, 0.29) is 10.9 Å². The quantitative estimate of drug-likeness (QED) is 0.646. The monoisotopic (exact) mass is 311 g/mol. The maximum absolute atomic E-state index is 12.4. The van der Waals surface area contributed by atoms with E-state index in [1.807, 2.05) is 0 Å². The minimum atomic E-state index is -0.959. The van der Waals surface area contributed by atoms with Crippen molar-refractivity contribution in [2.45, 2.75) is 23.2 Å². The minimum Gasteiger partial charge on any atom is -0.480 e. The van der Waals surface area contributed by atoms with Crippen molar-refractivity contribution in [2.75, 3.05) is 5.75 Å². The van der Waals surface area contributed by atoms with E-state index in [0.717, 1.165) is 11.8 Å². The number of aliphatic carboxylic acids is 1. The Morgan fingerprint density at radius 3 is 2.65 bits per heavy atom. The molecule has 0 bridgehead atoms. The molecule has 1 aromatic rings. The molecular formula is C13H13NO4S2. The van der Waals surface area contributed by atoms with Gasteiger partial charge >= 0.3 is 5.97 Å². The van der Waals surface area contributed by atoms with Gasteiger partial charge in [-0.15, -0.1) is 11.8 Å². The summed E-state index contributed by atoms with van der Waals surface area (Å²) in [5.74, 6) is -0.796. The first kappa shape index (κ1) is 15.1. The smallest absolute Gasteiger partial charge is 0.321 e. The van der Waals surface area contributed by atoms with Crippen LogP contribution < -0.4 is 5.32 Å². The van der Waals surface area contributed by atoms with Gasteiger partial charge in [0.2, 0.25) is 0 Å². The summed E-state index contributed by atoms with van der Waals surface area (Å²) in [6, 6.07) is 6.15. The van der Waals surface area contributed by atoms with Crippen molar-refractivity contribution in [3.63, 3.8) is 0 Å². The Hall–Kier alpha value is -1.31. The highest BCUT2D eigenvalue weighted by Crippen LogP contribution is 2.28. The third-order valence-electron chi connectivity index (χ3n) is 2.72. The van der Waals surface area contributed by atoms with Gasteiger partial charge in [0.15, 0.2) is 10.9 Å². The maximum atomic E-state index is 12.4. The Morgan fingerprint density at radius 1 is 1.35 bits per heavy atom. The second-order valence-corrected chi connectivity index (χ2v) is 6.58. The van der Waals surface area contributed by atoms with E-state index in [1.54, 1.807) is 24.3 Å². The van der Waals surface area contributed by atoms with Gasteiger partial charge in [0, 0.05) is 23.1 Å². The zero-order valence-electron chi connectivity index (χ0n) is 10.7. The van der Waals surface area contributed by atoms with Crippen LogP contribution in [0.2, 0.25) is 0 Å². The van der Waals surface area contributed by atoms with Crippen LogP contribution in [0, 0.1) is 0 Å². The van der Waals surface area contributed by atoms with Crippen LogP contribution in [0.15, 0.2) is 29.2 Å². The molecule has 2 N–H and O–H groups in total. The highest BCUT2D eigenvalue weighted by Gasteiger charge is 2.34. The van der Waals surface area contributed by atoms with Crippen LogP contribution in [0.1, 0.15) is 17.3 Å². The summed E-state index contributed by atoms with van der Waals surface area (Å²) in [6.07, 6.45) is 0. The second kappa shape index (κ2) is 6.43. The number of benzene rings is 1. The van der Waals surface area contributed by atoms with Crippen LogP contribution in [-0.4, -0.2) is 39.1 Å². The molecule has 0 spiro atoms. The predicted molar refractivity (Wildman–Crippen MR) is 78.1 cm³/mol. The van der Waals surface area contributed by atoms with Crippen LogP contribution in [0.4, 0.5) is 0 Å². The lowest BCUT2D eigenvalue weighted by atomic mass is 10.1. The Labute approximate surface area is 124 Å². The standard InChI is InChI=1S/C13H13NO4S2/c1-7(15)20-10-5-3-2-4-8(10)11(16)12-14-9(6-19-12)13(17)18/h2-5,9,12,14H,6H2,1H3,(H,17,18). The number of carbonyl (C=O) groups is 3. The average Bonchev–Trinajstić information content (AvgIpc) is 2.87. The fourth-order valence-electron chi connectivity index (χ4n) is 1.82. The molecule has 0 aliphatic carbocycles. The van der Waals surface area contributed by atoms with Gasteiger partial charge in [-0.05, 0) is 6.07 Å². The number of rotatable bonds is 4. The molecule has 2 unspecified atom stereocenters. The Bertz CT molecular complexity index is 561. The number of hydrogen-bond acceptors (Lipinski definition) is 6. The molecule has 0 radical (unpaired) electrons. The molecule has 106 valence electrons. The summed E-state index contributed by atoms with van der Waals surface area (Å²) in [4.78, 5) is 35.1. The van der Waals surface area contributed by atoms with E-state index in [2.05, 4.69) is 5.32 Å². The van der Waals surface area contributed by atoms with Crippen molar-refractivity contribution in [2.24, 2.45) is 0 Å². The van der Waals surface area contributed by atoms with Crippen molar-refractivity contribution in [1.29, 1.82) is 0 Å². The minimum absolute atomic E-state index is 0.0966. The highest BCUT2D eigenvalue weighted by atomic mass is 32.2. The first-order chi connectivity index (χ1) is 9.49. The molecule has 0 saturated carbocycles. The highest BCUT2D eigenvalue weighted by molar-refractivity contribution is 8.13. The Kier molecular flexibility index (Phi) is 4.85. The van der Waals surface area contributed by atoms with E-state index < -0.39 is 17.4 Å². The summed E-state index contributed by atoms with van der Waals surface area (Å²) in [5, 5.41) is 11.0. The van der Waals surface area contributed by atoms with Gasteiger partial charge in [-0.25, -0.2) is 0 Å². The normalized spacial score (nSPS) is 21.6. The number of Topliss-reactive ketones (excluding diaryl/α,β-unsaturated/α-hetero) is 1. The lowest BCUT2D eigenvalue weighted by Gasteiger charge is -2.12. The molecular weight excluding hydrogens is 298 g/mol. The summed E-state index contributed by atoms with van der Waals surface area (Å²) in [7, 11) is 0. The van der Waals surface area contributed by atoms with E-state index >= 15 is 0 Å². The lowest BCUT2D eigenvalue weighted by molar-refractivity contribution is -0.138. The summed E-state index contributed by atoms with van der Waals surface area (Å²) in [6.45, 7) is 1.44. The van der Waals surface area contributed by atoms with Gasteiger partial charge in [0.05, 0.1) is 0 Å². The largest absolute Gasteiger partial charge is 0.480 e. The molecule has 1 heterocycles. The van der Waals surface area contributed by atoms with Gasteiger partial charge in [-0.3, -0.25) is 19.7 Å². The molecule has 20 heavy (non-hydrogen) atoms. The molecule has 0 aromatic heterocycles. The van der Waals surface area contributed by atoms with Gasteiger partial charge in [-0.1, -0.05) is 30.0 Å². The number of hydrogen-bond donors (Lipinski definition) is 2. The van der Waals surface area contributed by atoms with E-state index in [4.69, 9.17) is 5.11 Å². The molecule has 0 amide bonds.